The van der Waals surface area contributed by atoms with Crippen molar-refractivity contribution >= 4 is 23.3 Å². The maximum Gasteiger partial charge on any atom is 0.417 e. The molecule has 2 rings (SSSR count). The highest BCUT2D eigenvalue weighted by atomic mass is 32.1. The highest BCUT2D eigenvalue weighted by Gasteiger charge is 2.32. The van der Waals surface area contributed by atoms with E-state index in [1.165, 1.54) is 7.11 Å². The molecule has 2 N–H and O–H groups in total. The predicted molar refractivity (Wildman–Crippen MR) is 111 cm³/mol. The molecular formula is C21H30N3O4S+. The number of nitrogens with zero attached hydrogens (tertiary/aromatic N) is 2. The largest absolute Gasteiger partial charge is 0.443 e. The van der Waals surface area contributed by atoms with E-state index in [1.807, 2.05) is 23.6 Å². The van der Waals surface area contributed by atoms with Gasteiger partial charge in [0.25, 0.3) is 5.91 Å². The van der Waals surface area contributed by atoms with Gasteiger partial charge in [0, 0.05) is 31.7 Å². The number of thiazole rings is 1. The number of imide groups is 1. The van der Waals surface area contributed by atoms with Gasteiger partial charge in [0.2, 0.25) is 0 Å². The van der Waals surface area contributed by atoms with Gasteiger partial charge >= 0.3 is 6.09 Å². The SMILES string of the molecule is CO[C@H](C(=O)N(CCC[NH2+]Cc1nccs1)C(=O)OC(C)(C)C)c1ccccc1. The molecule has 1 aromatic heterocycles. The molecule has 0 unspecified atom stereocenters. The van der Waals surface area contributed by atoms with E-state index in [4.69, 9.17) is 9.47 Å². The average Bonchev–Trinajstić information content (AvgIpc) is 3.18. The van der Waals surface area contributed by atoms with Gasteiger partial charge in [-0.3, -0.25) is 4.79 Å². The minimum Gasteiger partial charge on any atom is -0.443 e. The van der Waals surface area contributed by atoms with Gasteiger partial charge in [-0.2, -0.15) is 0 Å². The molecule has 0 aliphatic rings. The van der Waals surface area contributed by atoms with E-state index in [1.54, 1.807) is 50.4 Å². The number of amides is 2. The first-order chi connectivity index (χ1) is 13.8. The van der Waals surface area contributed by atoms with Gasteiger partial charge in [0.05, 0.1) is 6.54 Å². The fraction of sp³-hybridized carbons (Fsp3) is 0.476. The van der Waals surface area contributed by atoms with Gasteiger partial charge in [-0.15, -0.1) is 11.3 Å². The zero-order valence-corrected chi connectivity index (χ0v) is 18.3. The van der Waals surface area contributed by atoms with Crippen LogP contribution in [-0.4, -0.2) is 47.7 Å². The van der Waals surface area contributed by atoms with Crippen LogP contribution in [0.2, 0.25) is 0 Å². The Labute approximate surface area is 176 Å². The fourth-order valence-electron chi connectivity index (χ4n) is 2.73. The van der Waals surface area contributed by atoms with Gasteiger partial charge in [-0.05, 0) is 26.3 Å². The molecule has 0 saturated heterocycles. The summed E-state index contributed by atoms with van der Waals surface area (Å²) in [5.41, 5.74) is 0.00548. The highest BCUT2D eigenvalue weighted by molar-refractivity contribution is 7.09. The Morgan fingerprint density at radius 2 is 1.97 bits per heavy atom. The summed E-state index contributed by atoms with van der Waals surface area (Å²) in [5, 5.41) is 5.11. The molecule has 0 aliphatic heterocycles. The van der Waals surface area contributed by atoms with E-state index >= 15 is 0 Å². The fourth-order valence-corrected chi connectivity index (χ4v) is 3.34. The van der Waals surface area contributed by atoms with Crippen LogP contribution in [0.5, 0.6) is 0 Å². The molecule has 0 saturated carbocycles. The number of quaternary nitrogens is 1. The lowest BCUT2D eigenvalue weighted by Gasteiger charge is -2.28. The Morgan fingerprint density at radius 3 is 2.55 bits per heavy atom. The second-order valence-corrected chi connectivity index (χ2v) is 8.54. The van der Waals surface area contributed by atoms with E-state index in [2.05, 4.69) is 10.3 Å². The molecule has 7 nitrogen and oxygen atoms in total. The van der Waals surface area contributed by atoms with Crippen LogP contribution in [0.1, 0.15) is 43.9 Å². The monoisotopic (exact) mass is 420 g/mol. The molecular weight excluding hydrogens is 390 g/mol. The second-order valence-electron chi connectivity index (χ2n) is 7.56. The molecule has 1 aromatic carbocycles. The Kier molecular flexibility index (Phi) is 8.75. The lowest BCUT2D eigenvalue weighted by Crippen LogP contribution is -2.82. The van der Waals surface area contributed by atoms with Crippen molar-refractivity contribution in [3.05, 3.63) is 52.5 Å². The quantitative estimate of drug-likeness (QED) is 0.631. The third-order valence-electron chi connectivity index (χ3n) is 4.03. The number of rotatable bonds is 9. The molecule has 0 aliphatic carbocycles. The molecule has 0 bridgehead atoms. The third-order valence-corrected chi connectivity index (χ3v) is 4.84. The van der Waals surface area contributed by atoms with Crippen LogP contribution in [0.25, 0.3) is 0 Å². The van der Waals surface area contributed by atoms with E-state index in [0.717, 1.165) is 23.0 Å². The molecule has 2 aromatic rings. The van der Waals surface area contributed by atoms with Gasteiger partial charge in [0.15, 0.2) is 6.10 Å². The van der Waals surface area contributed by atoms with Crippen LogP contribution in [0.15, 0.2) is 41.9 Å². The maximum atomic E-state index is 13.1. The van der Waals surface area contributed by atoms with Gasteiger partial charge in [-0.1, -0.05) is 30.3 Å². The van der Waals surface area contributed by atoms with Crippen LogP contribution in [0.4, 0.5) is 4.79 Å². The van der Waals surface area contributed by atoms with Gasteiger partial charge in [-0.25, -0.2) is 14.7 Å². The summed E-state index contributed by atoms with van der Waals surface area (Å²) in [7, 11) is 1.46. The standard InChI is InChI=1S/C21H29N3O4S/c1-21(2,3)28-20(26)24(13-8-11-22-15-17-23-12-14-29-17)19(25)18(27-4)16-9-6-5-7-10-16/h5-7,9-10,12,14,18,22H,8,11,13,15H2,1-4H3/p+1/t18-/m0/s1. The first-order valence-corrected chi connectivity index (χ1v) is 10.5. The molecule has 2 amide bonds. The zero-order chi connectivity index (χ0) is 21.3. The average molecular weight is 421 g/mol. The van der Waals surface area contributed by atoms with E-state index in [9.17, 15) is 9.59 Å². The van der Waals surface area contributed by atoms with Gasteiger partial charge in [0.1, 0.15) is 17.2 Å². The summed E-state index contributed by atoms with van der Waals surface area (Å²) in [6.07, 6.45) is 0.913. The molecule has 8 heteroatoms. The predicted octanol–water partition coefficient (Wildman–Crippen LogP) is 2.75. The van der Waals surface area contributed by atoms with Crippen LogP contribution in [-0.2, 0) is 20.8 Å². The number of hydrogen-bond donors (Lipinski definition) is 1. The number of hydrogen-bond acceptors (Lipinski definition) is 6. The molecule has 1 heterocycles. The maximum absolute atomic E-state index is 13.1. The third kappa shape index (κ3) is 7.56. The Morgan fingerprint density at radius 1 is 1.24 bits per heavy atom. The number of carbonyl (C=O) groups is 2. The summed E-state index contributed by atoms with van der Waals surface area (Å²) in [5.74, 6) is -0.423. The Hall–Kier alpha value is -2.29. The molecule has 0 radical (unpaired) electrons. The van der Waals surface area contributed by atoms with Crippen molar-refractivity contribution in [2.45, 2.75) is 45.4 Å². The summed E-state index contributed by atoms with van der Waals surface area (Å²) in [6, 6.07) is 9.15. The lowest BCUT2D eigenvalue weighted by molar-refractivity contribution is -0.670. The van der Waals surface area contributed by atoms with Gasteiger partial charge < -0.3 is 14.8 Å². The smallest absolute Gasteiger partial charge is 0.417 e. The van der Waals surface area contributed by atoms with E-state index < -0.39 is 23.7 Å². The zero-order valence-electron chi connectivity index (χ0n) is 17.5. The molecule has 158 valence electrons. The Balaban J connectivity index is 2.02. The lowest BCUT2D eigenvalue weighted by atomic mass is 10.1. The van der Waals surface area contributed by atoms with E-state index in [0.29, 0.717) is 12.0 Å². The van der Waals surface area contributed by atoms with Crippen molar-refractivity contribution in [1.29, 1.82) is 0 Å². The van der Waals surface area contributed by atoms with Crippen molar-refractivity contribution in [3.8, 4) is 0 Å². The molecule has 29 heavy (non-hydrogen) atoms. The number of ether oxygens (including phenoxy) is 2. The minimum atomic E-state index is -0.858. The van der Waals surface area contributed by atoms with Crippen molar-refractivity contribution in [2.24, 2.45) is 0 Å². The summed E-state index contributed by atoms with van der Waals surface area (Å²) >= 11 is 1.61. The van der Waals surface area contributed by atoms with Crippen LogP contribution < -0.4 is 5.32 Å². The number of benzene rings is 1. The molecule has 0 spiro atoms. The van der Waals surface area contributed by atoms with Crippen LogP contribution >= 0.6 is 11.3 Å². The minimum absolute atomic E-state index is 0.259. The first-order valence-electron chi connectivity index (χ1n) is 9.64. The second kappa shape index (κ2) is 11.0. The normalized spacial score (nSPS) is 12.4. The highest BCUT2D eigenvalue weighted by Crippen LogP contribution is 2.21. The van der Waals surface area contributed by atoms with E-state index in [-0.39, 0.29) is 6.54 Å². The van der Waals surface area contributed by atoms with Crippen LogP contribution in [0, 0.1) is 0 Å². The number of methoxy groups -OCH3 is 1. The number of aromatic nitrogens is 1. The topological polar surface area (TPSA) is 85.3 Å². The molecule has 0 fully saturated rings. The van der Waals surface area contributed by atoms with Crippen molar-refractivity contribution in [1.82, 2.24) is 9.88 Å². The first kappa shape index (κ1) is 23.0. The molecule has 1 atom stereocenters. The van der Waals surface area contributed by atoms with Crippen molar-refractivity contribution < 1.29 is 24.4 Å². The number of nitrogens with two attached hydrogens (primary N) is 1. The summed E-state index contributed by atoms with van der Waals surface area (Å²) in [4.78, 5) is 31.2. The number of carbonyl (C=O) groups excluding carboxylic acids is 2. The van der Waals surface area contributed by atoms with Crippen molar-refractivity contribution in [3.63, 3.8) is 0 Å². The Bertz CT molecular complexity index is 760. The summed E-state index contributed by atoms with van der Waals surface area (Å²) in [6.45, 7) is 7.13. The summed E-state index contributed by atoms with van der Waals surface area (Å²) < 4.78 is 10.9. The van der Waals surface area contributed by atoms with Crippen LogP contribution in [0.3, 0.4) is 0 Å². The van der Waals surface area contributed by atoms with Crippen molar-refractivity contribution in [2.75, 3.05) is 20.2 Å².